The minimum atomic E-state index is -0.997. The van der Waals surface area contributed by atoms with E-state index in [1.54, 1.807) is 24.5 Å². The number of carboxylic acids is 1. The lowest BCUT2D eigenvalue weighted by Crippen LogP contribution is -2.22. The first-order valence-electron chi connectivity index (χ1n) is 5.82. The highest BCUT2D eigenvalue weighted by Crippen LogP contribution is 2.18. The second-order valence-corrected chi connectivity index (χ2v) is 4.89. The molecule has 0 aliphatic heterocycles. The molecule has 2 N–H and O–H groups in total. The number of nitrogens with zero attached hydrogens (tertiary/aromatic N) is 1. The highest BCUT2D eigenvalue weighted by atomic mass is 32.1. The molecule has 0 unspecified atom stereocenters. The van der Waals surface area contributed by atoms with Crippen LogP contribution >= 0.6 is 11.3 Å². The summed E-state index contributed by atoms with van der Waals surface area (Å²) >= 11 is 1.47. The summed E-state index contributed by atoms with van der Waals surface area (Å²) in [7, 11) is 0. The third-order valence-electron chi connectivity index (χ3n) is 2.54. The average Bonchev–Trinajstić information content (AvgIpc) is 2.91. The summed E-state index contributed by atoms with van der Waals surface area (Å²) in [6, 6.07) is 5.09. The summed E-state index contributed by atoms with van der Waals surface area (Å²) in [6.07, 6.45) is 5.71. The summed E-state index contributed by atoms with van der Waals surface area (Å²) in [4.78, 5) is 27.1. The number of thiophene rings is 1. The molecule has 2 heterocycles. The van der Waals surface area contributed by atoms with Gasteiger partial charge in [0.15, 0.2) is 0 Å². The van der Waals surface area contributed by atoms with Gasteiger partial charge in [-0.3, -0.25) is 9.78 Å². The molecule has 2 aromatic heterocycles. The van der Waals surface area contributed by atoms with E-state index in [0.717, 1.165) is 16.5 Å². The van der Waals surface area contributed by atoms with Crippen LogP contribution in [0.5, 0.6) is 0 Å². The van der Waals surface area contributed by atoms with Crippen LogP contribution in [-0.2, 0) is 11.3 Å². The monoisotopic (exact) mass is 288 g/mol. The molecular formula is C14H12N2O3S. The number of aromatic nitrogens is 1. The van der Waals surface area contributed by atoms with Gasteiger partial charge in [0, 0.05) is 28.9 Å². The molecule has 1 amide bonds. The van der Waals surface area contributed by atoms with E-state index < -0.39 is 5.97 Å². The maximum atomic E-state index is 11.9. The van der Waals surface area contributed by atoms with Gasteiger partial charge in [-0.15, -0.1) is 11.3 Å². The number of rotatable bonds is 5. The molecule has 0 atom stereocenters. The summed E-state index contributed by atoms with van der Waals surface area (Å²) < 4.78 is 0. The lowest BCUT2D eigenvalue weighted by molar-refractivity contribution is -0.131. The van der Waals surface area contributed by atoms with Crippen molar-refractivity contribution >= 4 is 29.3 Å². The Bertz CT molecular complexity index is 635. The van der Waals surface area contributed by atoms with Crippen LogP contribution in [0.4, 0.5) is 0 Å². The number of amides is 1. The van der Waals surface area contributed by atoms with Crippen LogP contribution in [0.15, 0.2) is 42.0 Å². The molecule has 6 heteroatoms. The molecule has 0 fully saturated rings. The van der Waals surface area contributed by atoms with E-state index in [4.69, 9.17) is 5.11 Å². The molecule has 0 bridgehead atoms. The van der Waals surface area contributed by atoms with E-state index in [0.29, 0.717) is 12.1 Å². The molecule has 0 aromatic carbocycles. The Morgan fingerprint density at radius 3 is 2.75 bits per heavy atom. The van der Waals surface area contributed by atoms with Crippen molar-refractivity contribution in [3.63, 3.8) is 0 Å². The number of hydrogen-bond acceptors (Lipinski definition) is 4. The Morgan fingerprint density at radius 1 is 1.30 bits per heavy atom. The smallest absolute Gasteiger partial charge is 0.328 e. The van der Waals surface area contributed by atoms with Gasteiger partial charge in [0.05, 0.1) is 6.54 Å². The van der Waals surface area contributed by atoms with Crippen molar-refractivity contribution in [2.75, 3.05) is 0 Å². The first-order valence-corrected chi connectivity index (χ1v) is 6.70. The van der Waals surface area contributed by atoms with Crippen molar-refractivity contribution < 1.29 is 14.7 Å². The van der Waals surface area contributed by atoms with E-state index in [1.807, 2.05) is 11.4 Å². The normalized spacial score (nSPS) is 10.6. The Kier molecular flexibility index (Phi) is 4.62. The molecule has 0 radical (unpaired) electrons. The SMILES string of the molecule is O=C(O)/C=C/c1ccsc1CNC(=O)c1ccncc1. The fraction of sp³-hybridized carbons (Fsp3) is 0.0714. The number of nitrogens with one attached hydrogen (secondary N) is 1. The maximum absolute atomic E-state index is 11.9. The van der Waals surface area contributed by atoms with Crippen LogP contribution in [0.3, 0.4) is 0 Å². The van der Waals surface area contributed by atoms with Crippen LogP contribution < -0.4 is 5.32 Å². The van der Waals surface area contributed by atoms with Crippen molar-refractivity contribution in [3.05, 3.63) is 58.1 Å². The third-order valence-corrected chi connectivity index (χ3v) is 3.47. The van der Waals surface area contributed by atoms with Crippen LogP contribution in [0.2, 0.25) is 0 Å². The Balaban J connectivity index is 2.00. The van der Waals surface area contributed by atoms with Crippen LogP contribution in [-0.4, -0.2) is 22.0 Å². The fourth-order valence-electron chi connectivity index (χ4n) is 1.57. The largest absolute Gasteiger partial charge is 0.478 e. The number of carbonyl (C=O) groups is 2. The number of pyridine rings is 1. The van der Waals surface area contributed by atoms with Gasteiger partial charge in [0.1, 0.15) is 0 Å². The highest BCUT2D eigenvalue weighted by molar-refractivity contribution is 7.10. The predicted molar refractivity (Wildman–Crippen MR) is 76.4 cm³/mol. The number of carboxylic acid groups (broad SMARTS) is 1. The predicted octanol–water partition coefficient (Wildman–Crippen LogP) is 2.17. The lowest BCUT2D eigenvalue weighted by atomic mass is 10.2. The van der Waals surface area contributed by atoms with E-state index in [9.17, 15) is 9.59 Å². The summed E-state index contributed by atoms with van der Waals surface area (Å²) in [6.45, 7) is 0.359. The van der Waals surface area contributed by atoms with Gasteiger partial charge in [-0.2, -0.15) is 0 Å². The van der Waals surface area contributed by atoms with E-state index in [1.165, 1.54) is 17.4 Å². The van der Waals surface area contributed by atoms with Gasteiger partial charge in [0.2, 0.25) is 0 Å². The van der Waals surface area contributed by atoms with Crippen LogP contribution in [0, 0.1) is 0 Å². The lowest BCUT2D eigenvalue weighted by Gasteiger charge is -2.04. The molecule has 0 spiro atoms. The first-order chi connectivity index (χ1) is 9.66. The number of hydrogen-bond donors (Lipinski definition) is 2. The third kappa shape index (κ3) is 3.76. The molecular weight excluding hydrogens is 276 g/mol. The molecule has 102 valence electrons. The van der Waals surface area contributed by atoms with Crippen molar-refractivity contribution in [3.8, 4) is 0 Å². The highest BCUT2D eigenvalue weighted by Gasteiger charge is 2.07. The van der Waals surface area contributed by atoms with Gasteiger partial charge < -0.3 is 10.4 Å². The maximum Gasteiger partial charge on any atom is 0.328 e. The summed E-state index contributed by atoms with van der Waals surface area (Å²) in [5, 5.41) is 13.3. The van der Waals surface area contributed by atoms with E-state index in [2.05, 4.69) is 10.3 Å². The zero-order chi connectivity index (χ0) is 14.4. The van der Waals surface area contributed by atoms with Gasteiger partial charge in [-0.05, 0) is 35.2 Å². The zero-order valence-electron chi connectivity index (χ0n) is 10.4. The van der Waals surface area contributed by atoms with E-state index in [-0.39, 0.29) is 5.91 Å². The molecule has 0 saturated heterocycles. The Hall–Kier alpha value is -2.47. The van der Waals surface area contributed by atoms with Crippen LogP contribution in [0.25, 0.3) is 6.08 Å². The number of carbonyl (C=O) groups excluding carboxylic acids is 1. The second kappa shape index (κ2) is 6.63. The van der Waals surface area contributed by atoms with Gasteiger partial charge in [0.25, 0.3) is 5.91 Å². The van der Waals surface area contributed by atoms with Crippen LogP contribution in [0.1, 0.15) is 20.8 Å². The van der Waals surface area contributed by atoms with Gasteiger partial charge in [-0.25, -0.2) is 4.79 Å². The fourth-order valence-corrected chi connectivity index (χ4v) is 2.38. The Labute approximate surface area is 119 Å². The second-order valence-electron chi connectivity index (χ2n) is 3.89. The summed E-state index contributed by atoms with van der Waals surface area (Å²) in [5.41, 5.74) is 1.34. The molecule has 20 heavy (non-hydrogen) atoms. The molecule has 0 aliphatic carbocycles. The quantitative estimate of drug-likeness (QED) is 0.826. The average molecular weight is 288 g/mol. The summed E-state index contributed by atoms with van der Waals surface area (Å²) in [5.74, 6) is -1.18. The van der Waals surface area contributed by atoms with Crippen molar-refractivity contribution in [1.29, 1.82) is 0 Å². The Morgan fingerprint density at radius 2 is 2.05 bits per heavy atom. The van der Waals surface area contributed by atoms with E-state index >= 15 is 0 Å². The van der Waals surface area contributed by atoms with Gasteiger partial charge in [-0.1, -0.05) is 0 Å². The first kappa shape index (κ1) is 14.0. The van der Waals surface area contributed by atoms with Crippen molar-refractivity contribution in [2.45, 2.75) is 6.54 Å². The molecule has 2 rings (SSSR count). The topological polar surface area (TPSA) is 79.3 Å². The van der Waals surface area contributed by atoms with Crippen molar-refractivity contribution in [1.82, 2.24) is 10.3 Å². The minimum absolute atomic E-state index is 0.186. The van der Waals surface area contributed by atoms with Crippen molar-refractivity contribution in [2.24, 2.45) is 0 Å². The van der Waals surface area contributed by atoms with Gasteiger partial charge >= 0.3 is 5.97 Å². The minimum Gasteiger partial charge on any atom is -0.478 e. The molecule has 0 saturated carbocycles. The number of aliphatic carboxylic acids is 1. The standard InChI is InChI=1S/C14H12N2O3S/c17-13(18)2-1-10-5-8-20-12(10)9-16-14(19)11-3-6-15-7-4-11/h1-8H,9H2,(H,16,19)(H,17,18)/b2-1+. The zero-order valence-corrected chi connectivity index (χ0v) is 11.3. The molecule has 5 nitrogen and oxygen atoms in total. The molecule has 2 aromatic rings. The molecule has 0 aliphatic rings.